The standard InChI is InChI=1S/C15H25N3O2/c1-5-8-9-10(4)16-14-13(15(19)20)11(6-2)12(7-3)17-18-14/h10H,5-9H2,1-4H3,(H,16,18)(H,19,20). The molecule has 1 heterocycles. The first-order chi connectivity index (χ1) is 9.54. The van der Waals surface area contributed by atoms with E-state index in [9.17, 15) is 9.90 Å². The van der Waals surface area contributed by atoms with Gasteiger partial charge in [-0.05, 0) is 31.7 Å². The van der Waals surface area contributed by atoms with E-state index in [-0.39, 0.29) is 11.6 Å². The first-order valence-corrected chi connectivity index (χ1v) is 7.43. The fourth-order valence-electron chi connectivity index (χ4n) is 2.32. The summed E-state index contributed by atoms with van der Waals surface area (Å²) in [6.07, 6.45) is 4.57. The molecule has 0 radical (unpaired) electrons. The molecule has 112 valence electrons. The molecule has 0 aliphatic rings. The lowest BCUT2D eigenvalue weighted by molar-refractivity contribution is 0.0696. The number of anilines is 1. The SMILES string of the molecule is CCCCC(C)Nc1nnc(CC)c(CC)c1C(=O)O. The van der Waals surface area contributed by atoms with Crippen LogP contribution in [0, 0.1) is 0 Å². The maximum absolute atomic E-state index is 11.6. The number of aryl methyl sites for hydroxylation is 1. The van der Waals surface area contributed by atoms with Crippen LogP contribution in [0.3, 0.4) is 0 Å². The largest absolute Gasteiger partial charge is 0.478 e. The second-order valence-electron chi connectivity index (χ2n) is 5.05. The Morgan fingerprint density at radius 2 is 1.95 bits per heavy atom. The minimum atomic E-state index is -0.934. The number of carbonyl (C=O) groups is 1. The quantitative estimate of drug-likeness (QED) is 0.763. The van der Waals surface area contributed by atoms with E-state index in [0.717, 1.165) is 30.5 Å². The van der Waals surface area contributed by atoms with Gasteiger partial charge in [0.05, 0.1) is 5.69 Å². The minimum absolute atomic E-state index is 0.194. The van der Waals surface area contributed by atoms with Gasteiger partial charge in [-0.1, -0.05) is 33.6 Å². The van der Waals surface area contributed by atoms with E-state index < -0.39 is 5.97 Å². The number of unbranched alkanes of at least 4 members (excludes halogenated alkanes) is 1. The Bertz CT molecular complexity index is 461. The summed E-state index contributed by atoms with van der Waals surface area (Å²) < 4.78 is 0. The van der Waals surface area contributed by atoms with E-state index in [2.05, 4.69) is 22.4 Å². The second kappa shape index (κ2) is 7.82. The first kappa shape index (κ1) is 16.4. The van der Waals surface area contributed by atoms with Crippen molar-refractivity contribution in [2.75, 3.05) is 5.32 Å². The predicted octanol–water partition coefficient (Wildman–Crippen LogP) is 3.29. The molecule has 0 aliphatic heterocycles. The summed E-state index contributed by atoms with van der Waals surface area (Å²) in [7, 11) is 0. The maximum atomic E-state index is 11.6. The van der Waals surface area contributed by atoms with Gasteiger partial charge >= 0.3 is 5.97 Å². The van der Waals surface area contributed by atoms with Crippen LogP contribution < -0.4 is 5.32 Å². The van der Waals surface area contributed by atoms with Crippen LogP contribution in [0.4, 0.5) is 5.82 Å². The Balaban J connectivity index is 3.09. The Hall–Kier alpha value is -1.65. The molecule has 1 atom stereocenters. The van der Waals surface area contributed by atoms with Crippen molar-refractivity contribution in [3.63, 3.8) is 0 Å². The van der Waals surface area contributed by atoms with Crippen LogP contribution >= 0.6 is 0 Å². The van der Waals surface area contributed by atoms with Gasteiger partial charge in [0.2, 0.25) is 0 Å². The van der Waals surface area contributed by atoms with Gasteiger partial charge in [-0.25, -0.2) is 4.79 Å². The summed E-state index contributed by atoms with van der Waals surface area (Å²) in [5.41, 5.74) is 1.85. The summed E-state index contributed by atoms with van der Waals surface area (Å²) >= 11 is 0. The summed E-state index contributed by atoms with van der Waals surface area (Å²) in [6, 6.07) is 0.194. The molecule has 0 bridgehead atoms. The normalized spacial score (nSPS) is 12.2. The number of carboxylic acid groups (broad SMARTS) is 1. The van der Waals surface area contributed by atoms with Crippen molar-refractivity contribution in [1.82, 2.24) is 10.2 Å². The Labute approximate surface area is 120 Å². The molecular weight excluding hydrogens is 254 g/mol. The van der Waals surface area contributed by atoms with Crippen molar-refractivity contribution in [3.05, 3.63) is 16.8 Å². The lowest BCUT2D eigenvalue weighted by Gasteiger charge is -2.17. The molecule has 5 nitrogen and oxygen atoms in total. The number of nitrogens with zero attached hydrogens (tertiary/aromatic N) is 2. The average molecular weight is 279 g/mol. The molecule has 20 heavy (non-hydrogen) atoms. The third-order valence-corrected chi connectivity index (χ3v) is 3.43. The van der Waals surface area contributed by atoms with Gasteiger partial charge in [0, 0.05) is 6.04 Å². The van der Waals surface area contributed by atoms with Crippen LogP contribution in [0.2, 0.25) is 0 Å². The van der Waals surface area contributed by atoms with Gasteiger partial charge < -0.3 is 10.4 Å². The fourth-order valence-corrected chi connectivity index (χ4v) is 2.32. The highest BCUT2D eigenvalue weighted by Gasteiger charge is 2.21. The molecule has 0 aliphatic carbocycles. The molecule has 0 amide bonds. The fraction of sp³-hybridized carbons (Fsp3) is 0.667. The molecule has 1 rings (SSSR count). The van der Waals surface area contributed by atoms with Crippen molar-refractivity contribution in [1.29, 1.82) is 0 Å². The lowest BCUT2D eigenvalue weighted by Crippen LogP contribution is -2.21. The number of hydrogen-bond acceptors (Lipinski definition) is 4. The number of nitrogens with one attached hydrogen (secondary N) is 1. The summed E-state index contributed by atoms with van der Waals surface area (Å²) in [5.74, 6) is -0.535. The molecule has 0 spiro atoms. The van der Waals surface area contributed by atoms with Crippen LogP contribution in [0.25, 0.3) is 0 Å². The third-order valence-electron chi connectivity index (χ3n) is 3.43. The smallest absolute Gasteiger partial charge is 0.339 e. The van der Waals surface area contributed by atoms with Crippen LogP contribution in [-0.2, 0) is 12.8 Å². The van der Waals surface area contributed by atoms with Gasteiger partial charge in [0.25, 0.3) is 0 Å². The van der Waals surface area contributed by atoms with Crippen molar-refractivity contribution >= 4 is 11.8 Å². The molecular formula is C15H25N3O2. The maximum Gasteiger partial charge on any atom is 0.339 e. The van der Waals surface area contributed by atoms with Crippen LogP contribution in [-0.4, -0.2) is 27.3 Å². The minimum Gasteiger partial charge on any atom is -0.478 e. The summed E-state index contributed by atoms with van der Waals surface area (Å²) in [6.45, 7) is 8.10. The van der Waals surface area contributed by atoms with Crippen LogP contribution in [0.15, 0.2) is 0 Å². The highest BCUT2D eigenvalue weighted by Crippen LogP contribution is 2.22. The Morgan fingerprint density at radius 3 is 2.45 bits per heavy atom. The van der Waals surface area contributed by atoms with Crippen LogP contribution in [0.1, 0.15) is 68.6 Å². The van der Waals surface area contributed by atoms with E-state index in [0.29, 0.717) is 18.7 Å². The van der Waals surface area contributed by atoms with Gasteiger partial charge in [0.15, 0.2) is 5.82 Å². The molecule has 0 saturated carbocycles. The first-order valence-electron chi connectivity index (χ1n) is 7.43. The van der Waals surface area contributed by atoms with Crippen molar-refractivity contribution in [2.45, 2.75) is 65.8 Å². The van der Waals surface area contributed by atoms with E-state index in [4.69, 9.17) is 0 Å². The zero-order valence-corrected chi connectivity index (χ0v) is 12.9. The Kier molecular flexibility index (Phi) is 6.42. The van der Waals surface area contributed by atoms with E-state index in [1.807, 2.05) is 20.8 Å². The monoisotopic (exact) mass is 279 g/mol. The van der Waals surface area contributed by atoms with Crippen molar-refractivity contribution in [2.24, 2.45) is 0 Å². The van der Waals surface area contributed by atoms with Gasteiger partial charge in [0.1, 0.15) is 5.56 Å². The van der Waals surface area contributed by atoms with Gasteiger partial charge in [-0.3, -0.25) is 0 Å². The van der Waals surface area contributed by atoms with Crippen LogP contribution in [0.5, 0.6) is 0 Å². The van der Waals surface area contributed by atoms with Gasteiger partial charge in [-0.2, -0.15) is 5.10 Å². The molecule has 1 aromatic rings. The van der Waals surface area contributed by atoms with E-state index in [1.54, 1.807) is 0 Å². The van der Waals surface area contributed by atoms with Crippen molar-refractivity contribution in [3.8, 4) is 0 Å². The topological polar surface area (TPSA) is 75.1 Å². The van der Waals surface area contributed by atoms with E-state index >= 15 is 0 Å². The zero-order chi connectivity index (χ0) is 15.1. The average Bonchev–Trinajstić information content (AvgIpc) is 2.43. The van der Waals surface area contributed by atoms with Gasteiger partial charge in [-0.15, -0.1) is 5.10 Å². The zero-order valence-electron chi connectivity index (χ0n) is 12.9. The molecule has 1 aromatic heterocycles. The molecule has 0 aromatic carbocycles. The predicted molar refractivity (Wildman–Crippen MR) is 80.4 cm³/mol. The molecule has 0 fully saturated rings. The number of carboxylic acids is 1. The number of rotatable bonds is 8. The lowest BCUT2D eigenvalue weighted by atomic mass is 10.0. The second-order valence-corrected chi connectivity index (χ2v) is 5.05. The highest BCUT2D eigenvalue weighted by molar-refractivity contribution is 5.95. The molecule has 0 saturated heterocycles. The summed E-state index contributed by atoms with van der Waals surface area (Å²) in [4.78, 5) is 11.6. The number of aromatic nitrogens is 2. The Morgan fingerprint density at radius 1 is 1.25 bits per heavy atom. The van der Waals surface area contributed by atoms with Crippen molar-refractivity contribution < 1.29 is 9.90 Å². The highest BCUT2D eigenvalue weighted by atomic mass is 16.4. The molecule has 1 unspecified atom stereocenters. The molecule has 5 heteroatoms. The number of hydrogen-bond donors (Lipinski definition) is 2. The summed E-state index contributed by atoms with van der Waals surface area (Å²) in [5, 5.41) is 20.9. The number of aromatic carboxylic acids is 1. The third kappa shape index (κ3) is 3.92. The van der Waals surface area contributed by atoms with E-state index in [1.165, 1.54) is 0 Å². The molecule has 2 N–H and O–H groups in total.